The number of fused-ring (bicyclic) bond motifs is 1. The van der Waals surface area contributed by atoms with Crippen LogP contribution in [0.4, 0.5) is 5.95 Å². The van der Waals surface area contributed by atoms with E-state index in [2.05, 4.69) is 69.4 Å². The predicted molar refractivity (Wildman–Crippen MR) is 111 cm³/mol. The zero-order valence-corrected chi connectivity index (χ0v) is 15.9. The smallest absolute Gasteiger partial charge is 0.203 e. The van der Waals surface area contributed by atoms with E-state index in [0.29, 0.717) is 5.41 Å². The third kappa shape index (κ3) is 3.46. The van der Waals surface area contributed by atoms with Gasteiger partial charge in [0, 0.05) is 26.2 Å². The average molecular weight is 361 g/mol. The van der Waals surface area contributed by atoms with Crippen LogP contribution in [-0.2, 0) is 6.54 Å². The Hall–Kier alpha value is -2.33. The molecule has 3 heterocycles. The number of rotatable bonds is 3. The van der Waals surface area contributed by atoms with Gasteiger partial charge in [-0.3, -0.25) is 4.90 Å². The summed E-state index contributed by atoms with van der Waals surface area (Å²) in [5, 5.41) is 0. The van der Waals surface area contributed by atoms with E-state index in [1.165, 1.54) is 44.3 Å². The van der Waals surface area contributed by atoms with E-state index in [4.69, 9.17) is 4.98 Å². The van der Waals surface area contributed by atoms with Gasteiger partial charge in [0.1, 0.15) is 0 Å². The van der Waals surface area contributed by atoms with Crippen molar-refractivity contribution in [2.75, 3.05) is 31.1 Å². The molecule has 4 heteroatoms. The fraction of sp³-hybridized carbons (Fsp3) is 0.435. The van der Waals surface area contributed by atoms with Crippen molar-refractivity contribution in [2.24, 2.45) is 5.41 Å². The minimum Gasteiger partial charge on any atom is -0.342 e. The zero-order chi connectivity index (χ0) is 18.1. The molecule has 3 aromatic rings. The van der Waals surface area contributed by atoms with Gasteiger partial charge in [-0.1, -0.05) is 42.5 Å². The van der Waals surface area contributed by atoms with E-state index in [0.717, 1.165) is 36.6 Å². The van der Waals surface area contributed by atoms with Crippen molar-refractivity contribution in [1.29, 1.82) is 0 Å². The lowest BCUT2D eigenvalue weighted by atomic mass is 9.72. The maximum atomic E-state index is 4.80. The molecule has 2 saturated heterocycles. The number of H-pyrrole nitrogens is 1. The standard InChI is InChI=1S/C23H28N4/c1-2-7-19(8-3-1)17-26-14-6-11-23(18-26)12-15-27(16-13-23)22-24-20-9-4-5-10-21(20)25-22/h1-5,7-10H,6,11-18H2,(H,24,25). The Morgan fingerprint density at radius 1 is 0.889 bits per heavy atom. The summed E-state index contributed by atoms with van der Waals surface area (Å²) in [5.74, 6) is 1.04. The monoisotopic (exact) mass is 360 g/mol. The molecule has 0 amide bonds. The average Bonchev–Trinajstić information content (AvgIpc) is 3.14. The second kappa shape index (κ2) is 7.01. The van der Waals surface area contributed by atoms with Gasteiger partial charge in [0.2, 0.25) is 5.95 Å². The van der Waals surface area contributed by atoms with Crippen molar-refractivity contribution in [3.05, 3.63) is 60.2 Å². The van der Waals surface area contributed by atoms with Gasteiger partial charge < -0.3 is 9.88 Å². The molecule has 0 atom stereocenters. The van der Waals surface area contributed by atoms with Crippen LogP contribution in [0.2, 0.25) is 0 Å². The van der Waals surface area contributed by atoms with E-state index in [1.807, 2.05) is 0 Å². The first-order chi connectivity index (χ1) is 13.3. The van der Waals surface area contributed by atoms with E-state index in [-0.39, 0.29) is 0 Å². The Kier molecular flexibility index (Phi) is 4.36. The Balaban J connectivity index is 1.24. The lowest BCUT2D eigenvalue weighted by molar-refractivity contribution is 0.0603. The highest BCUT2D eigenvalue weighted by Gasteiger charge is 2.38. The quantitative estimate of drug-likeness (QED) is 0.750. The Labute approximate surface area is 161 Å². The number of likely N-dealkylation sites (tertiary alicyclic amines) is 1. The molecule has 4 nitrogen and oxygen atoms in total. The van der Waals surface area contributed by atoms with Gasteiger partial charge in [0.25, 0.3) is 0 Å². The highest BCUT2D eigenvalue weighted by atomic mass is 15.3. The summed E-state index contributed by atoms with van der Waals surface area (Å²) < 4.78 is 0. The number of imidazole rings is 1. The van der Waals surface area contributed by atoms with Crippen molar-refractivity contribution in [2.45, 2.75) is 32.2 Å². The summed E-state index contributed by atoms with van der Waals surface area (Å²) in [5.41, 5.74) is 4.14. The van der Waals surface area contributed by atoms with Crippen molar-refractivity contribution in [1.82, 2.24) is 14.9 Å². The van der Waals surface area contributed by atoms with Crippen LogP contribution in [-0.4, -0.2) is 41.0 Å². The van der Waals surface area contributed by atoms with Crippen LogP contribution in [0.25, 0.3) is 11.0 Å². The summed E-state index contributed by atoms with van der Waals surface area (Å²) in [6.07, 6.45) is 5.26. The van der Waals surface area contributed by atoms with Crippen LogP contribution in [0.5, 0.6) is 0 Å². The van der Waals surface area contributed by atoms with Gasteiger partial charge in [-0.2, -0.15) is 0 Å². The normalized spacial score (nSPS) is 20.4. The number of para-hydroxylation sites is 2. The van der Waals surface area contributed by atoms with Crippen LogP contribution < -0.4 is 4.90 Å². The molecule has 2 aromatic carbocycles. The van der Waals surface area contributed by atoms with Crippen molar-refractivity contribution in [3.8, 4) is 0 Å². The molecule has 0 saturated carbocycles. The molecule has 140 valence electrons. The molecule has 2 fully saturated rings. The molecule has 0 aliphatic carbocycles. The molecule has 1 N–H and O–H groups in total. The summed E-state index contributed by atoms with van der Waals surface area (Å²) in [6.45, 7) is 5.80. The molecule has 2 aliphatic rings. The van der Waals surface area contributed by atoms with Crippen LogP contribution >= 0.6 is 0 Å². The van der Waals surface area contributed by atoms with Gasteiger partial charge in [-0.05, 0) is 55.3 Å². The molecule has 0 unspecified atom stereocenters. The molecule has 0 radical (unpaired) electrons. The Morgan fingerprint density at radius 2 is 1.67 bits per heavy atom. The molecule has 0 bridgehead atoms. The number of piperidine rings is 2. The Morgan fingerprint density at radius 3 is 2.48 bits per heavy atom. The fourth-order valence-corrected chi connectivity index (χ4v) is 4.98. The number of hydrogen-bond acceptors (Lipinski definition) is 3. The SMILES string of the molecule is c1ccc(CN2CCCC3(CCN(c4nc5ccccc5[nH]4)CC3)C2)cc1. The summed E-state index contributed by atoms with van der Waals surface area (Å²) in [4.78, 5) is 13.4. The first-order valence-corrected chi connectivity index (χ1v) is 10.3. The van der Waals surface area contributed by atoms with Crippen LogP contribution in [0.15, 0.2) is 54.6 Å². The van der Waals surface area contributed by atoms with E-state index < -0.39 is 0 Å². The molecule has 1 aromatic heterocycles. The first kappa shape index (κ1) is 16.8. The van der Waals surface area contributed by atoms with Crippen LogP contribution in [0.3, 0.4) is 0 Å². The highest BCUT2D eigenvalue weighted by Crippen LogP contribution is 2.41. The minimum atomic E-state index is 0.496. The van der Waals surface area contributed by atoms with Gasteiger partial charge >= 0.3 is 0 Å². The predicted octanol–water partition coefficient (Wildman–Crippen LogP) is 4.45. The summed E-state index contributed by atoms with van der Waals surface area (Å²) in [6, 6.07) is 19.2. The van der Waals surface area contributed by atoms with Crippen molar-refractivity contribution < 1.29 is 0 Å². The van der Waals surface area contributed by atoms with Gasteiger partial charge in [0.05, 0.1) is 11.0 Å². The zero-order valence-electron chi connectivity index (χ0n) is 15.9. The summed E-state index contributed by atoms with van der Waals surface area (Å²) in [7, 11) is 0. The molecule has 5 rings (SSSR count). The fourth-order valence-electron chi connectivity index (χ4n) is 4.98. The maximum Gasteiger partial charge on any atom is 0.203 e. The van der Waals surface area contributed by atoms with Crippen molar-refractivity contribution in [3.63, 3.8) is 0 Å². The van der Waals surface area contributed by atoms with Gasteiger partial charge in [-0.25, -0.2) is 4.98 Å². The van der Waals surface area contributed by atoms with Crippen molar-refractivity contribution >= 4 is 17.0 Å². The van der Waals surface area contributed by atoms with Gasteiger partial charge in [0.15, 0.2) is 0 Å². The number of nitrogens with one attached hydrogen (secondary N) is 1. The third-order valence-corrected chi connectivity index (χ3v) is 6.49. The van der Waals surface area contributed by atoms with Gasteiger partial charge in [-0.15, -0.1) is 0 Å². The number of hydrogen-bond donors (Lipinski definition) is 1. The van der Waals surface area contributed by atoms with E-state index in [9.17, 15) is 0 Å². The maximum absolute atomic E-state index is 4.80. The van der Waals surface area contributed by atoms with E-state index >= 15 is 0 Å². The number of aromatic amines is 1. The summed E-state index contributed by atoms with van der Waals surface area (Å²) >= 11 is 0. The highest BCUT2D eigenvalue weighted by molar-refractivity contribution is 5.77. The lowest BCUT2D eigenvalue weighted by Crippen LogP contribution is -2.49. The molecule has 2 aliphatic heterocycles. The minimum absolute atomic E-state index is 0.496. The molecular weight excluding hydrogens is 332 g/mol. The molecule has 1 spiro atoms. The largest absolute Gasteiger partial charge is 0.342 e. The van der Waals surface area contributed by atoms with E-state index in [1.54, 1.807) is 0 Å². The van der Waals surface area contributed by atoms with Crippen LogP contribution in [0.1, 0.15) is 31.2 Å². The number of aromatic nitrogens is 2. The van der Waals surface area contributed by atoms with Crippen LogP contribution in [0, 0.1) is 5.41 Å². The number of benzene rings is 2. The second-order valence-corrected chi connectivity index (χ2v) is 8.36. The third-order valence-electron chi connectivity index (χ3n) is 6.49. The topological polar surface area (TPSA) is 35.2 Å². The second-order valence-electron chi connectivity index (χ2n) is 8.36. The number of anilines is 1. The first-order valence-electron chi connectivity index (χ1n) is 10.3. The molecule has 27 heavy (non-hydrogen) atoms. The Bertz CT molecular complexity index is 860. The lowest BCUT2D eigenvalue weighted by Gasteiger charge is -2.47. The number of nitrogens with zero attached hydrogens (tertiary/aromatic N) is 3. The molecular formula is C23H28N4.